The minimum Gasteiger partial charge on any atom is -0.395 e. The van der Waals surface area contributed by atoms with Crippen molar-refractivity contribution in [3.8, 4) is 17.2 Å². The molecule has 4 rings (SSSR count). The predicted octanol–water partition coefficient (Wildman–Crippen LogP) is 3.29. The van der Waals surface area contributed by atoms with Crippen LogP contribution in [0.1, 0.15) is 17.7 Å². The van der Waals surface area contributed by atoms with E-state index in [-0.39, 0.29) is 17.5 Å². The lowest BCUT2D eigenvalue weighted by molar-refractivity contribution is -0.286. The van der Waals surface area contributed by atoms with Gasteiger partial charge < -0.3 is 14.4 Å². The van der Waals surface area contributed by atoms with E-state index in [4.69, 9.17) is 0 Å². The first-order valence-corrected chi connectivity index (χ1v) is 8.66. The maximum atomic E-state index is 13.2. The molecule has 0 spiro atoms. The lowest BCUT2D eigenvalue weighted by Gasteiger charge is -2.10. The average molecular weight is 367 g/mol. The molecule has 2 aliphatic rings. The number of halogens is 2. The van der Waals surface area contributed by atoms with Crippen molar-refractivity contribution in [3.05, 3.63) is 34.1 Å². The Morgan fingerprint density at radius 3 is 2.72 bits per heavy atom. The van der Waals surface area contributed by atoms with Gasteiger partial charge in [-0.1, -0.05) is 0 Å². The van der Waals surface area contributed by atoms with E-state index >= 15 is 0 Å². The molecule has 0 aliphatic carbocycles. The van der Waals surface area contributed by atoms with E-state index in [1.165, 1.54) is 23.5 Å². The van der Waals surface area contributed by atoms with Crippen LogP contribution in [0.25, 0.3) is 5.69 Å². The normalized spacial score (nSPS) is 18.8. The average Bonchev–Trinajstić information content (AvgIpc) is 3.23. The number of aryl methyl sites for hydroxylation is 1. The number of hydrogen-bond donors (Lipinski definition) is 0. The zero-order valence-electron chi connectivity index (χ0n) is 13.4. The number of likely N-dealkylation sites (tertiary alicyclic amines) is 1. The van der Waals surface area contributed by atoms with E-state index in [9.17, 15) is 13.6 Å². The van der Waals surface area contributed by atoms with Crippen LogP contribution in [0.5, 0.6) is 11.5 Å². The molecule has 6 nitrogen and oxygen atoms in total. The third-order valence-electron chi connectivity index (χ3n) is 4.00. The number of ether oxygens (including phenoxy) is 2. The molecular weight excluding hydrogens is 352 g/mol. The van der Waals surface area contributed by atoms with E-state index in [0.717, 1.165) is 17.7 Å². The first kappa shape index (κ1) is 16.1. The topological polar surface area (TPSA) is 56.1 Å². The molecule has 9 heteroatoms. The Kier molecular flexibility index (Phi) is 3.75. The van der Waals surface area contributed by atoms with E-state index in [1.807, 2.05) is 6.92 Å². The lowest BCUT2D eigenvalue weighted by atomic mass is 10.3. The minimum atomic E-state index is -3.66. The summed E-state index contributed by atoms with van der Waals surface area (Å²) in [5, 5.41) is 0. The number of carbonyl (C=O) groups excluding carboxylic acids is 1. The van der Waals surface area contributed by atoms with E-state index < -0.39 is 6.29 Å². The van der Waals surface area contributed by atoms with Crippen LogP contribution >= 0.6 is 11.3 Å². The van der Waals surface area contributed by atoms with Crippen molar-refractivity contribution in [1.82, 2.24) is 9.47 Å². The second kappa shape index (κ2) is 5.83. The Balaban J connectivity index is 1.71. The second-order valence-electron chi connectivity index (χ2n) is 5.88. The molecule has 2 amide bonds. The number of carbonyl (C=O) groups is 1. The standard InChI is InChI=1S/C16H15F2N3O3S/c1-10-9-21(15(25-10)19-14(22)20-6-2-3-7-20)11-4-5-12-13(8-11)24-16(17,18)23-12/h4-5,8-9H,2-3,6-7H2,1H3/b19-15-. The number of aromatic nitrogens is 1. The number of hydrogen-bond acceptors (Lipinski definition) is 4. The largest absolute Gasteiger partial charge is 0.586 e. The van der Waals surface area contributed by atoms with Crippen LogP contribution in [0.2, 0.25) is 0 Å². The van der Waals surface area contributed by atoms with Crippen molar-refractivity contribution in [3.63, 3.8) is 0 Å². The van der Waals surface area contributed by atoms with Crippen molar-refractivity contribution in [2.45, 2.75) is 26.1 Å². The lowest BCUT2D eigenvalue weighted by Crippen LogP contribution is -2.27. The van der Waals surface area contributed by atoms with Crippen molar-refractivity contribution in [1.29, 1.82) is 0 Å². The highest BCUT2D eigenvalue weighted by Crippen LogP contribution is 2.41. The summed E-state index contributed by atoms with van der Waals surface area (Å²) in [4.78, 5) is 19.6. The second-order valence-corrected chi connectivity index (χ2v) is 7.09. The van der Waals surface area contributed by atoms with Gasteiger partial charge in [0, 0.05) is 30.2 Å². The Bertz CT molecular complexity index is 900. The van der Waals surface area contributed by atoms with E-state index in [0.29, 0.717) is 23.6 Å². The van der Waals surface area contributed by atoms with Crippen LogP contribution in [-0.4, -0.2) is 34.9 Å². The van der Waals surface area contributed by atoms with Gasteiger partial charge in [-0.15, -0.1) is 20.1 Å². The molecule has 0 atom stereocenters. The van der Waals surface area contributed by atoms with Gasteiger partial charge in [-0.3, -0.25) is 4.57 Å². The first-order valence-electron chi connectivity index (χ1n) is 7.84. The van der Waals surface area contributed by atoms with Gasteiger partial charge in [-0.05, 0) is 31.9 Å². The van der Waals surface area contributed by atoms with Gasteiger partial charge in [0.05, 0.1) is 5.69 Å². The van der Waals surface area contributed by atoms with Gasteiger partial charge in [0.2, 0.25) is 0 Å². The quantitative estimate of drug-likeness (QED) is 0.777. The SMILES string of the molecule is Cc1cn(-c2ccc3c(c2)OC(F)(F)O3)/c(=N/C(=O)N2CCCC2)s1. The molecule has 2 aliphatic heterocycles. The van der Waals surface area contributed by atoms with Gasteiger partial charge in [0.15, 0.2) is 16.3 Å². The minimum absolute atomic E-state index is 0.0204. The summed E-state index contributed by atoms with van der Waals surface area (Å²) in [7, 11) is 0. The molecule has 0 saturated carbocycles. The van der Waals surface area contributed by atoms with Crippen LogP contribution in [0.4, 0.5) is 13.6 Å². The number of rotatable bonds is 1. The van der Waals surface area contributed by atoms with Gasteiger partial charge in [0.1, 0.15) is 0 Å². The van der Waals surface area contributed by atoms with Crippen LogP contribution in [0.15, 0.2) is 29.4 Å². The summed E-state index contributed by atoms with van der Waals surface area (Å²) in [6, 6.07) is 4.20. The molecule has 25 heavy (non-hydrogen) atoms. The first-order chi connectivity index (χ1) is 11.9. The summed E-state index contributed by atoms with van der Waals surface area (Å²) < 4.78 is 37.0. The Morgan fingerprint density at radius 2 is 1.96 bits per heavy atom. The Labute approximate surface area is 145 Å². The maximum absolute atomic E-state index is 13.2. The fraction of sp³-hybridized carbons (Fsp3) is 0.375. The van der Waals surface area contributed by atoms with Gasteiger partial charge >= 0.3 is 12.3 Å². The molecule has 0 bridgehead atoms. The van der Waals surface area contributed by atoms with Crippen LogP contribution < -0.4 is 14.3 Å². The van der Waals surface area contributed by atoms with Crippen molar-refractivity contribution >= 4 is 17.4 Å². The summed E-state index contributed by atoms with van der Waals surface area (Å²) in [6.07, 6.45) is 0.119. The van der Waals surface area contributed by atoms with E-state index in [1.54, 1.807) is 21.7 Å². The summed E-state index contributed by atoms with van der Waals surface area (Å²) in [6.45, 7) is 3.32. The summed E-state index contributed by atoms with van der Waals surface area (Å²) in [5.74, 6) is -0.0661. The zero-order valence-corrected chi connectivity index (χ0v) is 14.2. The van der Waals surface area contributed by atoms with Gasteiger partial charge in [-0.25, -0.2) is 4.79 Å². The molecule has 1 aromatic heterocycles. The highest BCUT2D eigenvalue weighted by Gasteiger charge is 2.43. The Hall–Kier alpha value is -2.42. The third kappa shape index (κ3) is 3.11. The van der Waals surface area contributed by atoms with Crippen molar-refractivity contribution in [2.75, 3.05) is 13.1 Å². The molecule has 3 heterocycles. The molecule has 1 fully saturated rings. The molecule has 1 aromatic carbocycles. The number of alkyl halides is 2. The smallest absolute Gasteiger partial charge is 0.395 e. The molecular formula is C16H15F2N3O3S. The van der Waals surface area contributed by atoms with E-state index in [2.05, 4.69) is 14.5 Å². The van der Waals surface area contributed by atoms with Gasteiger partial charge in [-0.2, -0.15) is 4.99 Å². The third-order valence-corrected chi connectivity index (χ3v) is 4.90. The summed E-state index contributed by atoms with van der Waals surface area (Å²) >= 11 is 1.36. The predicted molar refractivity (Wildman–Crippen MR) is 86.4 cm³/mol. The van der Waals surface area contributed by atoms with Crippen LogP contribution in [0, 0.1) is 6.92 Å². The number of nitrogens with zero attached hydrogens (tertiary/aromatic N) is 3. The zero-order chi connectivity index (χ0) is 17.6. The number of thiazole rings is 1. The number of amides is 2. The van der Waals surface area contributed by atoms with Crippen molar-refractivity contribution < 1.29 is 23.0 Å². The number of benzene rings is 1. The summed E-state index contributed by atoms with van der Waals surface area (Å²) in [5.41, 5.74) is 0.567. The molecule has 0 unspecified atom stereocenters. The highest BCUT2D eigenvalue weighted by atomic mass is 32.1. The number of urea groups is 1. The molecule has 132 valence electrons. The fourth-order valence-electron chi connectivity index (χ4n) is 2.87. The molecule has 0 radical (unpaired) electrons. The van der Waals surface area contributed by atoms with Gasteiger partial charge in [0.25, 0.3) is 0 Å². The maximum Gasteiger partial charge on any atom is 0.586 e. The monoisotopic (exact) mass is 367 g/mol. The molecule has 2 aromatic rings. The molecule has 1 saturated heterocycles. The van der Waals surface area contributed by atoms with Crippen molar-refractivity contribution in [2.24, 2.45) is 4.99 Å². The fourth-order valence-corrected chi connectivity index (χ4v) is 3.69. The Morgan fingerprint density at radius 1 is 1.24 bits per heavy atom. The highest BCUT2D eigenvalue weighted by molar-refractivity contribution is 7.09. The van der Waals surface area contributed by atoms with Crippen LogP contribution in [-0.2, 0) is 0 Å². The molecule has 0 N–H and O–H groups in total. The number of fused-ring (bicyclic) bond motifs is 1. The van der Waals surface area contributed by atoms with Crippen LogP contribution in [0.3, 0.4) is 0 Å².